The molecular formula is C23H25ClFN5O5S2. The Bertz CT molecular complexity index is 1340. The number of nitrogens with zero attached hydrogens (tertiary/aromatic N) is 4. The summed E-state index contributed by atoms with van der Waals surface area (Å²) in [7, 11) is 6.15. The average molecular weight is 570 g/mol. The van der Waals surface area contributed by atoms with Crippen molar-refractivity contribution in [3.63, 3.8) is 0 Å². The zero-order chi connectivity index (χ0) is 27.4. The first-order valence-electron chi connectivity index (χ1n) is 10.8. The van der Waals surface area contributed by atoms with Crippen molar-refractivity contribution in [2.45, 2.75) is 25.1 Å². The molecule has 0 spiro atoms. The molecule has 0 aliphatic heterocycles. The standard InChI is InChI=1S/C23H25ClFN5O5S2/c1-11-17(22(33)34-6)20(37-18(11)21(32)29(3)4)26-16(31)10-36-23-28-27-19(30(23)5)12(2)35-15-8-7-13(25)9-14(15)24/h7-9,12H,10H2,1-6H3,(H,26,31). The van der Waals surface area contributed by atoms with Crippen molar-refractivity contribution >= 4 is 57.5 Å². The van der Waals surface area contributed by atoms with Gasteiger partial charge in [0.1, 0.15) is 16.6 Å². The van der Waals surface area contributed by atoms with E-state index in [1.54, 1.807) is 39.6 Å². The first-order chi connectivity index (χ1) is 17.4. The number of esters is 1. The van der Waals surface area contributed by atoms with Crippen LogP contribution < -0.4 is 10.1 Å². The maximum atomic E-state index is 13.3. The number of aromatic nitrogens is 3. The number of anilines is 1. The van der Waals surface area contributed by atoms with Gasteiger partial charge in [0.15, 0.2) is 17.1 Å². The summed E-state index contributed by atoms with van der Waals surface area (Å²) in [5.41, 5.74) is 0.578. The normalized spacial score (nSPS) is 11.7. The molecule has 0 aliphatic rings. The molecule has 1 unspecified atom stereocenters. The number of benzene rings is 1. The van der Waals surface area contributed by atoms with Gasteiger partial charge in [-0.15, -0.1) is 21.5 Å². The molecule has 0 saturated heterocycles. The number of hydrogen-bond acceptors (Lipinski definition) is 9. The van der Waals surface area contributed by atoms with Gasteiger partial charge in [-0.3, -0.25) is 9.59 Å². The molecule has 0 fully saturated rings. The maximum Gasteiger partial charge on any atom is 0.341 e. The molecule has 3 aromatic rings. The van der Waals surface area contributed by atoms with Gasteiger partial charge in [-0.25, -0.2) is 9.18 Å². The lowest BCUT2D eigenvalue weighted by molar-refractivity contribution is -0.113. The first-order valence-corrected chi connectivity index (χ1v) is 13.0. The SMILES string of the molecule is COC(=O)c1c(NC(=O)CSc2nnc(C(C)Oc3ccc(F)cc3Cl)n2C)sc(C(=O)N(C)C)c1C. The van der Waals surface area contributed by atoms with E-state index in [-0.39, 0.29) is 27.2 Å². The van der Waals surface area contributed by atoms with Gasteiger partial charge >= 0.3 is 5.97 Å². The minimum Gasteiger partial charge on any atom is -0.481 e. The van der Waals surface area contributed by atoms with Gasteiger partial charge < -0.3 is 24.3 Å². The molecule has 1 aromatic carbocycles. The second-order valence-electron chi connectivity index (χ2n) is 8.02. The van der Waals surface area contributed by atoms with Crippen LogP contribution >= 0.6 is 34.7 Å². The Labute approximate surface area is 226 Å². The van der Waals surface area contributed by atoms with Crippen LogP contribution in [0.1, 0.15) is 44.4 Å². The van der Waals surface area contributed by atoms with Gasteiger partial charge in [-0.05, 0) is 37.6 Å². The number of ether oxygens (including phenoxy) is 2. The number of carbonyl (C=O) groups excluding carboxylic acids is 3. The highest BCUT2D eigenvalue weighted by atomic mass is 35.5. The summed E-state index contributed by atoms with van der Waals surface area (Å²) in [4.78, 5) is 39.3. The highest BCUT2D eigenvalue weighted by molar-refractivity contribution is 7.99. The molecule has 198 valence electrons. The fourth-order valence-corrected chi connectivity index (χ4v) is 5.43. The second-order valence-corrected chi connectivity index (χ2v) is 10.4. The van der Waals surface area contributed by atoms with E-state index in [2.05, 4.69) is 15.5 Å². The van der Waals surface area contributed by atoms with Crippen LogP contribution in [-0.4, -0.2) is 64.4 Å². The van der Waals surface area contributed by atoms with E-state index in [0.29, 0.717) is 27.2 Å². The molecule has 3 rings (SSSR count). The van der Waals surface area contributed by atoms with E-state index in [1.165, 1.54) is 24.1 Å². The van der Waals surface area contributed by atoms with Crippen molar-refractivity contribution in [3.8, 4) is 5.75 Å². The third-order valence-corrected chi connectivity index (χ3v) is 7.66. The first kappa shape index (κ1) is 28.4. The van der Waals surface area contributed by atoms with Gasteiger partial charge in [-0.2, -0.15) is 0 Å². The predicted molar refractivity (Wildman–Crippen MR) is 139 cm³/mol. The van der Waals surface area contributed by atoms with Crippen LogP contribution in [0.25, 0.3) is 0 Å². The van der Waals surface area contributed by atoms with Crippen molar-refractivity contribution in [1.82, 2.24) is 19.7 Å². The van der Waals surface area contributed by atoms with Crippen molar-refractivity contribution < 1.29 is 28.2 Å². The van der Waals surface area contributed by atoms with Crippen molar-refractivity contribution in [2.24, 2.45) is 7.05 Å². The van der Waals surface area contributed by atoms with E-state index >= 15 is 0 Å². The molecule has 10 nitrogen and oxygen atoms in total. The molecule has 14 heteroatoms. The number of methoxy groups -OCH3 is 1. The molecule has 0 aliphatic carbocycles. The van der Waals surface area contributed by atoms with Crippen molar-refractivity contribution in [3.05, 3.63) is 50.9 Å². The smallest absolute Gasteiger partial charge is 0.341 e. The Balaban J connectivity index is 1.70. The van der Waals surface area contributed by atoms with E-state index in [0.717, 1.165) is 29.2 Å². The number of halogens is 2. The number of thioether (sulfide) groups is 1. The lowest BCUT2D eigenvalue weighted by Crippen LogP contribution is -2.21. The summed E-state index contributed by atoms with van der Waals surface area (Å²) in [5.74, 6) is -1.09. The zero-order valence-electron chi connectivity index (χ0n) is 20.9. The summed E-state index contributed by atoms with van der Waals surface area (Å²) in [6.07, 6.45) is -0.562. The third kappa shape index (κ3) is 6.40. The molecule has 0 radical (unpaired) electrons. The Morgan fingerprint density at radius 3 is 2.62 bits per heavy atom. The van der Waals surface area contributed by atoms with Gasteiger partial charge in [-0.1, -0.05) is 23.4 Å². The molecule has 2 amide bonds. The van der Waals surface area contributed by atoms with Crippen LogP contribution in [0.15, 0.2) is 23.4 Å². The van der Waals surface area contributed by atoms with Gasteiger partial charge in [0.2, 0.25) is 5.91 Å². The van der Waals surface area contributed by atoms with Crippen LogP contribution in [0, 0.1) is 12.7 Å². The highest BCUT2D eigenvalue weighted by Crippen LogP contribution is 2.35. The molecule has 37 heavy (non-hydrogen) atoms. The van der Waals surface area contributed by atoms with E-state index in [9.17, 15) is 18.8 Å². The lowest BCUT2D eigenvalue weighted by atomic mass is 10.1. The second kappa shape index (κ2) is 11.9. The summed E-state index contributed by atoms with van der Waals surface area (Å²) in [5, 5.41) is 11.8. The highest BCUT2D eigenvalue weighted by Gasteiger charge is 2.27. The Morgan fingerprint density at radius 2 is 2.00 bits per heavy atom. The molecule has 0 bridgehead atoms. The number of amides is 2. The van der Waals surface area contributed by atoms with Crippen LogP contribution in [0.2, 0.25) is 5.02 Å². The minimum atomic E-state index is -0.650. The topological polar surface area (TPSA) is 116 Å². The number of nitrogens with one attached hydrogen (secondary N) is 1. The van der Waals surface area contributed by atoms with Crippen LogP contribution in [0.5, 0.6) is 5.75 Å². The van der Waals surface area contributed by atoms with Crippen LogP contribution in [0.3, 0.4) is 0 Å². The Hall–Kier alpha value is -3.16. The fraction of sp³-hybridized carbons (Fsp3) is 0.348. The average Bonchev–Trinajstić information content (AvgIpc) is 3.37. The van der Waals surface area contributed by atoms with Crippen LogP contribution in [-0.2, 0) is 16.6 Å². The summed E-state index contributed by atoms with van der Waals surface area (Å²) < 4.78 is 25.6. The maximum absolute atomic E-state index is 13.3. The summed E-state index contributed by atoms with van der Waals surface area (Å²) in [6, 6.07) is 3.82. The van der Waals surface area contributed by atoms with Gasteiger partial charge in [0, 0.05) is 21.1 Å². The largest absolute Gasteiger partial charge is 0.481 e. The van der Waals surface area contributed by atoms with Gasteiger partial charge in [0.25, 0.3) is 5.91 Å². The number of thiophene rings is 1. The van der Waals surface area contributed by atoms with Crippen molar-refractivity contribution in [2.75, 3.05) is 32.3 Å². The number of hydrogen-bond donors (Lipinski definition) is 1. The van der Waals surface area contributed by atoms with Crippen molar-refractivity contribution in [1.29, 1.82) is 0 Å². The fourth-order valence-electron chi connectivity index (χ4n) is 3.27. The Morgan fingerprint density at radius 1 is 1.30 bits per heavy atom. The van der Waals surface area contributed by atoms with Gasteiger partial charge in [0.05, 0.1) is 28.3 Å². The number of rotatable bonds is 9. The Kier molecular flexibility index (Phi) is 9.16. The minimum absolute atomic E-state index is 0.0421. The molecule has 1 atom stereocenters. The number of carbonyl (C=O) groups is 3. The van der Waals surface area contributed by atoms with Crippen LogP contribution in [0.4, 0.5) is 9.39 Å². The van der Waals surface area contributed by atoms with E-state index < -0.39 is 23.8 Å². The molecule has 2 aromatic heterocycles. The van der Waals surface area contributed by atoms with E-state index in [1.807, 2.05) is 0 Å². The quantitative estimate of drug-likeness (QED) is 0.299. The third-order valence-electron chi connectivity index (χ3n) is 5.15. The summed E-state index contributed by atoms with van der Waals surface area (Å²) in [6.45, 7) is 3.37. The van der Waals surface area contributed by atoms with E-state index in [4.69, 9.17) is 21.1 Å². The lowest BCUT2D eigenvalue weighted by Gasteiger charge is -2.15. The zero-order valence-corrected chi connectivity index (χ0v) is 23.3. The molecular weight excluding hydrogens is 545 g/mol. The molecule has 1 N–H and O–H groups in total. The summed E-state index contributed by atoms with van der Waals surface area (Å²) >= 11 is 8.17. The molecule has 2 heterocycles. The molecule has 0 saturated carbocycles. The monoisotopic (exact) mass is 569 g/mol. The predicted octanol–water partition coefficient (Wildman–Crippen LogP) is 4.34.